The highest BCUT2D eigenvalue weighted by Crippen LogP contribution is 2.25. The Kier molecular flexibility index (Phi) is 4.00. The topological polar surface area (TPSA) is 94.2 Å². The van der Waals surface area contributed by atoms with Crippen LogP contribution >= 0.6 is 0 Å². The number of hydrogen-bond donors (Lipinski definition) is 2. The van der Waals surface area contributed by atoms with Gasteiger partial charge in [-0.25, -0.2) is 9.78 Å². The molecule has 1 aliphatic rings. The maximum atomic E-state index is 12.3. The lowest BCUT2D eigenvalue weighted by atomic mass is 10.4. The normalized spacial score (nSPS) is 15.7. The van der Waals surface area contributed by atoms with Crippen molar-refractivity contribution in [3.8, 4) is 0 Å². The molecule has 11 heteroatoms. The number of carbonyl (C=O) groups is 2. The molecule has 0 aromatic carbocycles. The van der Waals surface area contributed by atoms with Crippen LogP contribution in [0.1, 0.15) is 11.6 Å². The van der Waals surface area contributed by atoms with Gasteiger partial charge in [-0.15, -0.1) is 5.10 Å². The van der Waals surface area contributed by atoms with Crippen molar-refractivity contribution in [1.29, 1.82) is 0 Å². The monoisotopic (exact) mass is 306 g/mol. The lowest BCUT2D eigenvalue weighted by Gasteiger charge is -2.15. The molecule has 0 saturated carbocycles. The maximum absolute atomic E-state index is 12.3. The molecule has 2 heterocycles. The van der Waals surface area contributed by atoms with E-state index < -0.39 is 17.9 Å². The van der Waals surface area contributed by atoms with E-state index in [1.807, 2.05) is 0 Å². The van der Waals surface area contributed by atoms with Crippen molar-refractivity contribution in [3.05, 3.63) is 11.6 Å². The Morgan fingerprint density at radius 2 is 2.14 bits per heavy atom. The first kappa shape index (κ1) is 15.1. The minimum absolute atomic E-state index is 0.111. The number of H-pyrrole nitrogens is 1. The van der Waals surface area contributed by atoms with E-state index in [1.165, 1.54) is 9.80 Å². The van der Waals surface area contributed by atoms with Gasteiger partial charge in [0, 0.05) is 20.1 Å². The van der Waals surface area contributed by atoms with Gasteiger partial charge in [0.25, 0.3) is 5.82 Å². The largest absolute Gasteiger partial charge is 0.453 e. The zero-order valence-electron chi connectivity index (χ0n) is 11.1. The first-order valence-corrected chi connectivity index (χ1v) is 6.02. The van der Waals surface area contributed by atoms with Crippen LogP contribution in [0.4, 0.5) is 18.0 Å². The zero-order valence-corrected chi connectivity index (χ0v) is 11.1. The smallest absolute Gasteiger partial charge is 0.347 e. The standard InChI is InChI=1S/C10H13F3N6O2/c1-18-2-3-19(9(18)21)5-7(20)14-4-6-15-8(17-16-6)10(11,12)13/h2-5H2,1H3,(H,14,20)(H,15,16,17). The highest BCUT2D eigenvalue weighted by Gasteiger charge is 2.36. The number of alkyl halides is 3. The van der Waals surface area contributed by atoms with Crippen molar-refractivity contribution < 1.29 is 22.8 Å². The quantitative estimate of drug-likeness (QED) is 0.806. The number of nitrogens with zero attached hydrogens (tertiary/aromatic N) is 4. The number of amides is 3. The molecule has 1 fully saturated rings. The number of nitrogens with one attached hydrogen (secondary N) is 2. The van der Waals surface area contributed by atoms with Gasteiger partial charge in [-0.05, 0) is 0 Å². The molecule has 3 amide bonds. The molecule has 0 spiro atoms. The average molecular weight is 306 g/mol. The summed E-state index contributed by atoms with van der Waals surface area (Å²) in [6, 6.07) is -0.260. The molecule has 2 N–H and O–H groups in total. The van der Waals surface area contributed by atoms with E-state index in [0.717, 1.165) is 0 Å². The van der Waals surface area contributed by atoms with E-state index in [4.69, 9.17) is 0 Å². The predicted molar refractivity (Wildman–Crippen MR) is 62.8 cm³/mol. The average Bonchev–Trinajstić information content (AvgIpc) is 2.98. The minimum Gasteiger partial charge on any atom is -0.347 e. The molecule has 116 valence electrons. The molecular formula is C10H13F3N6O2. The fourth-order valence-corrected chi connectivity index (χ4v) is 1.76. The van der Waals surface area contributed by atoms with Crippen molar-refractivity contribution in [1.82, 2.24) is 30.3 Å². The molecule has 0 radical (unpaired) electrons. The highest BCUT2D eigenvalue weighted by molar-refractivity contribution is 5.84. The Bertz CT molecular complexity index is 543. The summed E-state index contributed by atoms with van der Waals surface area (Å²) < 4.78 is 36.8. The Hall–Kier alpha value is -2.33. The van der Waals surface area contributed by atoms with Crippen LogP contribution in [0.2, 0.25) is 0 Å². The summed E-state index contributed by atoms with van der Waals surface area (Å²) in [5.41, 5.74) is 0. The van der Waals surface area contributed by atoms with Crippen molar-refractivity contribution in [3.63, 3.8) is 0 Å². The number of rotatable bonds is 4. The molecule has 0 bridgehead atoms. The number of aromatic nitrogens is 3. The first-order valence-electron chi connectivity index (χ1n) is 6.02. The van der Waals surface area contributed by atoms with E-state index in [1.54, 1.807) is 7.05 Å². The fourth-order valence-electron chi connectivity index (χ4n) is 1.76. The highest BCUT2D eigenvalue weighted by atomic mass is 19.4. The summed E-state index contributed by atoms with van der Waals surface area (Å²) >= 11 is 0. The third-order valence-electron chi connectivity index (χ3n) is 2.88. The van der Waals surface area contributed by atoms with E-state index >= 15 is 0 Å². The molecule has 1 saturated heterocycles. The van der Waals surface area contributed by atoms with Crippen LogP contribution in [0.3, 0.4) is 0 Å². The van der Waals surface area contributed by atoms with Gasteiger partial charge < -0.3 is 15.1 Å². The molecular weight excluding hydrogens is 293 g/mol. The molecule has 1 aromatic heterocycles. The van der Waals surface area contributed by atoms with Crippen LogP contribution < -0.4 is 5.32 Å². The number of aromatic amines is 1. The summed E-state index contributed by atoms with van der Waals surface area (Å²) in [7, 11) is 1.62. The third-order valence-corrected chi connectivity index (χ3v) is 2.88. The molecule has 0 unspecified atom stereocenters. The summed E-state index contributed by atoms with van der Waals surface area (Å²) in [4.78, 5) is 29.2. The molecule has 1 aromatic rings. The third kappa shape index (κ3) is 3.61. The van der Waals surface area contributed by atoms with Gasteiger partial charge in [-0.3, -0.25) is 9.89 Å². The lowest BCUT2D eigenvalue weighted by molar-refractivity contribution is -0.144. The predicted octanol–water partition coefficient (Wildman–Crippen LogP) is -0.193. The van der Waals surface area contributed by atoms with Crippen LogP contribution in [-0.4, -0.2) is 63.6 Å². The number of halogens is 3. The van der Waals surface area contributed by atoms with E-state index in [0.29, 0.717) is 13.1 Å². The summed E-state index contributed by atoms with van der Waals surface area (Å²) in [5, 5.41) is 7.47. The first-order chi connectivity index (χ1) is 9.77. The van der Waals surface area contributed by atoms with Gasteiger partial charge in [0.2, 0.25) is 5.91 Å². The Labute approximate surface area is 117 Å². The van der Waals surface area contributed by atoms with E-state index in [2.05, 4.69) is 20.5 Å². The Morgan fingerprint density at radius 1 is 1.43 bits per heavy atom. The number of hydrogen-bond acceptors (Lipinski definition) is 4. The summed E-state index contributed by atoms with van der Waals surface area (Å²) in [6.45, 7) is 0.593. The van der Waals surface area contributed by atoms with Crippen LogP contribution in [0, 0.1) is 0 Å². The van der Waals surface area contributed by atoms with Gasteiger partial charge in [0.1, 0.15) is 12.4 Å². The summed E-state index contributed by atoms with van der Waals surface area (Å²) in [5.74, 6) is -1.88. The Morgan fingerprint density at radius 3 is 2.67 bits per heavy atom. The van der Waals surface area contributed by atoms with E-state index in [9.17, 15) is 22.8 Å². The van der Waals surface area contributed by atoms with Crippen LogP contribution in [0.5, 0.6) is 0 Å². The van der Waals surface area contributed by atoms with Gasteiger partial charge in [0.05, 0.1) is 6.54 Å². The lowest BCUT2D eigenvalue weighted by Crippen LogP contribution is -2.39. The van der Waals surface area contributed by atoms with Crippen LogP contribution in [-0.2, 0) is 17.5 Å². The molecule has 0 aliphatic carbocycles. The van der Waals surface area contributed by atoms with E-state index in [-0.39, 0.29) is 24.9 Å². The van der Waals surface area contributed by atoms with Crippen LogP contribution in [0.15, 0.2) is 0 Å². The second-order valence-corrected chi connectivity index (χ2v) is 4.51. The molecule has 8 nitrogen and oxygen atoms in total. The van der Waals surface area contributed by atoms with Gasteiger partial charge >= 0.3 is 12.2 Å². The molecule has 2 rings (SSSR count). The van der Waals surface area contributed by atoms with Crippen molar-refractivity contribution in [2.75, 3.05) is 26.7 Å². The number of likely N-dealkylation sites (N-methyl/N-ethyl adjacent to an activating group) is 1. The minimum atomic E-state index is -4.63. The zero-order chi connectivity index (χ0) is 15.6. The van der Waals surface area contributed by atoms with Crippen molar-refractivity contribution in [2.45, 2.75) is 12.7 Å². The van der Waals surface area contributed by atoms with Gasteiger partial charge in [-0.2, -0.15) is 13.2 Å². The van der Waals surface area contributed by atoms with Crippen molar-refractivity contribution in [2.24, 2.45) is 0 Å². The number of urea groups is 1. The Balaban J connectivity index is 1.82. The number of carbonyl (C=O) groups excluding carboxylic acids is 2. The second-order valence-electron chi connectivity index (χ2n) is 4.51. The fraction of sp³-hybridized carbons (Fsp3) is 0.600. The van der Waals surface area contributed by atoms with Gasteiger partial charge in [0.15, 0.2) is 0 Å². The molecule has 0 atom stereocenters. The second kappa shape index (κ2) is 5.58. The molecule has 21 heavy (non-hydrogen) atoms. The maximum Gasteiger partial charge on any atom is 0.453 e. The summed E-state index contributed by atoms with van der Waals surface area (Å²) in [6.07, 6.45) is -4.63. The van der Waals surface area contributed by atoms with Crippen LogP contribution in [0.25, 0.3) is 0 Å². The molecule has 1 aliphatic heterocycles. The SMILES string of the molecule is CN1CCN(CC(=O)NCc2nc(C(F)(F)F)n[nH]2)C1=O. The van der Waals surface area contributed by atoms with Crippen molar-refractivity contribution >= 4 is 11.9 Å². The van der Waals surface area contributed by atoms with Gasteiger partial charge in [-0.1, -0.05) is 0 Å².